The van der Waals surface area contributed by atoms with E-state index in [0.29, 0.717) is 5.56 Å². The topological polar surface area (TPSA) is 111 Å². The fourth-order valence-electron chi connectivity index (χ4n) is 2.59. The van der Waals surface area contributed by atoms with E-state index in [1.165, 1.54) is 44.2 Å². The van der Waals surface area contributed by atoms with E-state index in [2.05, 4.69) is 0 Å². The molecular weight excluding hydrogens is 312 g/mol. The van der Waals surface area contributed by atoms with Crippen molar-refractivity contribution in [1.82, 2.24) is 0 Å². The summed E-state index contributed by atoms with van der Waals surface area (Å²) in [7, 11) is 0. The van der Waals surface area contributed by atoms with Crippen molar-refractivity contribution in [2.75, 3.05) is 0 Å². The summed E-state index contributed by atoms with van der Waals surface area (Å²) in [6, 6.07) is 7.41. The van der Waals surface area contributed by atoms with Crippen LogP contribution in [0.3, 0.4) is 0 Å². The average molecular weight is 330 g/mol. The Kier molecular flexibility index (Phi) is 3.74. The first-order valence-electron chi connectivity index (χ1n) is 7.50. The minimum absolute atomic E-state index is 0.00688. The van der Waals surface area contributed by atoms with E-state index in [1.54, 1.807) is 0 Å². The van der Waals surface area contributed by atoms with Gasteiger partial charge in [-0.2, -0.15) is 0 Å². The van der Waals surface area contributed by atoms with Crippen molar-refractivity contribution in [3.05, 3.63) is 46.1 Å². The second-order valence-electron chi connectivity index (χ2n) is 6.41. The lowest BCUT2D eigenvalue weighted by Gasteiger charge is -2.24. The summed E-state index contributed by atoms with van der Waals surface area (Å²) in [5, 5.41) is 40.3. The number of aromatic hydroxyl groups is 2. The Balaban J connectivity index is 2.23. The Bertz CT molecular complexity index is 981. The first-order valence-corrected chi connectivity index (χ1v) is 7.50. The van der Waals surface area contributed by atoms with E-state index in [9.17, 15) is 25.2 Å². The summed E-state index contributed by atoms with van der Waals surface area (Å²) in [5.41, 5.74) is -1.30. The molecule has 1 aromatic heterocycles. The molecule has 0 spiro atoms. The number of phenolic OH excluding ortho intramolecular Hbond substituents is 2. The van der Waals surface area contributed by atoms with E-state index in [-0.39, 0.29) is 39.9 Å². The summed E-state index contributed by atoms with van der Waals surface area (Å²) in [5.74, 6) is -0.456. The van der Waals surface area contributed by atoms with Crippen LogP contribution >= 0.6 is 0 Å². The third-order valence-electron chi connectivity index (χ3n) is 4.13. The quantitative estimate of drug-likeness (QED) is 0.547. The third kappa shape index (κ3) is 2.60. The molecule has 0 fully saturated rings. The van der Waals surface area contributed by atoms with Crippen LogP contribution in [-0.4, -0.2) is 32.1 Å². The van der Waals surface area contributed by atoms with Crippen molar-refractivity contribution in [3.8, 4) is 11.5 Å². The highest BCUT2D eigenvalue weighted by Gasteiger charge is 2.26. The number of benzene rings is 2. The van der Waals surface area contributed by atoms with Gasteiger partial charge in [-0.3, -0.25) is 4.79 Å². The summed E-state index contributed by atoms with van der Waals surface area (Å²) < 4.78 is 5.59. The average Bonchev–Trinajstić information content (AvgIpc) is 2.49. The van der Waals surface area contributed by atoms with Crippen LogP contribution < -0.4 is 5.43 Å². The van der Waals surface area contributed by atoms with Gasteiger partial charge in [0, 0.05) is 12.0 Å². The normalized spacial score (nSPS) is 13.5. The number of fused-ring (bicyclic) bond motifs is 2. The molecule has 2 aromatic carbocycles. The van der Waals surface area contributed by atoms with Gasteiger partial charge in [-0.25, -0.2) is 0 Å². The van der Waals surface area contributed by atoms with Gasteiger partial charge in [0.15, 0.2) is 11.3 Å². The van der Waals surface area contributed by atoms with Gasteiger partial charge in [0.1, 0.15) is 16.7 Å². The highest BCUT2D eigenvalue weighted by Crippen LogP contribution is 2.33. The molecule has 1 heterocycles. The van der Waals surface area contributed by atoms with Gasteiger partial charge in [-0.15, -0.1) is 0 Å². The fourth-order valence-corrected chi connectivity index (χ4v) is 2.59. The Morgan fingerprint density at radius 2 is 1.88 bits per heavy atom. The molecule has 0 bridgehead atoms. The van der Waals surface area contributed by atoms with Crippen molar-refractivity contribution < 1.29 is 24.8 Å². The molecule has 1 unspecified atom stereocenters. The molecule has 6 heteroatoms. The molecule has 0 aliphatic heterocycles. The minimum Gasteiger partial charge on any atom is -0.507 e. The second kappa shape index (κ2) is 5.51. The molecule has 126 valence electrons. The Morgan fingerprint density at radius 3 is 2.54 bits per heavy atom. The SMILES string of the molecule is CC(C)(O)C(O)Cc1ccc2c(=O)c3c(O)cccc3oc2c1O. The van der Waals surface area contributed by atoms with Gasteiger partial charge < -0.3 is 24.8 Å². The zero-order valence-electron chi connectivity index (χ0n) is 13.3. The van der Waals surface area contributed by atoms with E-state index < -0.39 is 17.1 Å². The van der Waals surface area contributed by atoms with Gasteiger partial charge in [0.2, 0.25) is 5.43 Å². The minimum atomic E-state index is -1.34. The smallest absolute Gasteiger partial charge is 0.204 e. The van der Waals surface area contributed by atoms with Crippen LogP contribution in [0.4, 0.5) is 0 Å². The zero-order chi connectivity index (χ0) is 17.6. The summed E-state index contributed by atoms with van der Waals surface area (Å²) in [6.45, 7) is 2.93. The maximum atomic E-state index is 12.5. The predicted molar refractivity (Wildman–Crippen MR) is 89.3 cm³/mol. The molecule has 1 atom stereocenters. The molecule has 0 amide bonds. The Hall–Kier alpha value is -2.57. The van der Waals surface area contributed by atoms with Gasteiger partial charge in [0.05, 0.1) is 17.1 Å². The van der Waals surface area contributed by atoms with Crippen LogP contribution in [0.25, 0.3) is 21.9 Å². The molecule has 4 N–H and O–H groups in total. The van der Waals surface area contributed by atoms with E-state index in [1.807, 2.05) is 0 Å². The van der Waals surface area contributed by atoms with Crippen LogP contribution in [0.1, 0.15) is 19.4 Å². The van der Waals surface area contributed by atoms with Crippen LogP contribution in [0, 0.1) is 0 Å². The van der Waals surface area contributed by atoms with Crippen LogP contribution in [-0.2, 0) is 6.42 Å². The maximum absolute atomic E-state index is 12.5. The molecule has 0 aliphatic rings. The number of aliphatic hydroxyl groups is 2. The highest BCUT2D eigenvalue weighted by atomic mass is 16.4. The van der Waals surface area contributed by atoms with Crippen LogP contribution in [0.5, 0.6) is 11.5 Å². The molecular formula is C18H18O6. The summed E-state index contributed by atoms with van der Waals surface area (Å²) >= 11 is 0. The standard InChI is InChI=1S/C18H18O6/c1-18(2,23)13(20)8-9-6-7-10-16(22)14-11(19)4-3-5-12(14)24-17(10)15(9)21/h3-7,13,19-21,23H,8H2,1-2H3. The lowest BCUT2D eigenvalue weighted by atomic mass is 9.94. The zero-order valence-corrected chi connectivity index (χ0v) is 13.3. The van der Waals surface area contributed by atoms with Crippen LogP contribution in [0.2, 0.25) is 0 Å². The molecule has 0 saturated heterocycles. The van der Waals surface area contributed by atoms with Crippen molar-refractivity contribution in [1.29, 1.82) is 0 Å². The lowest BCUT2D eigenvalue weighted by Crippen LogP contribution is -2.37. The number of phenols is 2. The number of aliphatic hydroxyl groups excluding tert-OH is 1. The van der Waals surface area contributed by atoms with Crippen molar-refractivity contribution >= 4 is 21.9 Å². The highest BCUT2D eigenvalue weighted by molar-refractivity contribution is 5.95. The Morgan fingerprint density at radius 1 is 1.17 bits per heavy atom. The van der Waals surface area contributed by atoms with E-state index in [0.717, 1.165) is 0 Å². The number of hydrogen-bond acceptors (Lipinski definition) is 6. The first kappa shape index (κ1) is 16.3. The molecule has 0 radical (unpaired) electrons. The van der Waals surface area contributed by atoms with Crippen molar-refractivity contribution in [3.63, 3.8) is 0 Å². The van der Waals surface area contributed by atoms with E-state index >= 15 is 0 Å². The predicted octanol–water partition coefficient (Wildman–Crippen LogP) is 2.03. The summed E-state index contributed by atoms with van der Waals surface area (Å²) in [4.78, 5) is 12.5. The molecule has 3 aromatic rings. The first-order chi connectivity index (χ1) is 11.2. The number of hydrogen-bond donors (Lipinski definition) is 4. The van der Waals surface area contributed by atoms with E-state index in [4.69, 9.17) is 4.42 Å². The Labute approximate surface area is 137 Å². The molecule has 24 heavy (non-hydrogen) atoms. The largest absolute Gasteiger partial charge is 0.507 e. The monoisotopic (exact) mass is 330 g/mol. The molecule has 0 saturated carbocycles. The molecule has 3 rings (SSSR count). The van der Waals surface area contributed by atoms with Crippen molar-refractivity contribution in [2.45, 2.75) is 32.0 Å². The number of rotatable bonds is 3. The van der Waals surface area contributed by atoms with Crippen LogP contribution in [0.15, 0.2) is 39.5 Å². The van der Waals surface area contributed by atoms with Gasteiger partial charge in [0.25, 0.3) is 0 Å². The maximum Gasteiger partial charge on any atom is 0.204 e. The van der Waals surface area contributed by atoms with Gasteiger partial charge in [-0.05, 0) is 32.0 Å². The molecule has 6 nitrogen and oxygen atoms in total. The second-order valence-corrected chi connectivity index (χ2v) is 6.41. The fraction of sp³-hybridized carbons (Fsp3) is 0.278. The lowest BCUT2D eigenvalue weighted by molar-refractivity contribution is -0.0471. The third-order valence-corrected chi connectivity index (χ3v) is 4.13. The summed E-state index contributed by atoms with van der Waals surface area (Å²) in [6.07, 6.45) is -1.11. The van der Waals surface area contributed by atoms with Gasteiger partial charge >= 0.3 is 0 Å². The van der Waals surface area contributed by atoms with Gasteiger partial charge in [-0.1, -0.05) is 12.1 Å². The molecule has 0 aliphatic carbocycles. The van der Waals surface area contributed by atoms with Crippen molar-refractivity contribution in [2.24, 2.45) is 0 Å².